The summed E-state index contributed by atoms with van der Waals surface area (Å²) in [5, 5.41) is 0.271. The van der Waals surface area contributed by atoms with Crippen LogP contribution in [0.25, 0.3) is 0 Å². The molecule has 2 rings (SSSR count). The molecule has 1 fully saturated rings. The van der Waals surface area contributed by atoms with Gasteiger partial charge in [-0.15, -0.1) is 0 Å². The fourth-order valence-corrected chi connectivity index (χ4v) is 2.36. The first-order chi connectivity index (χ1) is 8.22. The van der Waals surface area contributed by atoms with Gasteiger partial charge in [0.05, 0.1) is 5.56 Å². The van der Waals surface area contributed by atoms with Gasteiger partial charge < -0.3 is 10.6 Å². The molecule has 1 aromatic rings. The van der Waals surface area contributed by atoms with Crippen molar-refractivity contribution in [3.8, 4) is 0 Å². The van der Waals surface area contributed by atoms with Crippen molar-refractivity contribution in [2.24, 2.45) is 11.7 Å². The van der Waals surface area contributed by atoms with Gasteiger partial charge in [-0.3, -0.25) is 4.79 Å². The van der Waals surface area contributed by atoms with E-state index < -0.39 is 0 Å². The van der Waals surface area contributed by atoms with Gasteiger partial charge in [0.15, 0.2) is 0 Å². The number of halogens is 1. The number of pyridine rings is 1. The first-order valence-electron chi connectivity index (χ1n) is 5.82. The summed E-state index contributed by atoms with van der Waals surface area (Å²) in [6, 6.07) is 3.44. The lowest BCUT2D eigenvalue weighted by atomic mass is 9.98. The highest BCUT2D eigenvalue weighted by Crippen LogP contribution is 2.20. The number of carbonyl (C=O) groups is 1. The van der Waals surface area contributed by atoms with Gasteiger partial charge in [-0.2, -0.15) is 0 Å². The molecule has 4 nitrogen and oxygen atoms in total. The third-order valence-corrected chi connectivity index (χ3v) is 3.43. The van der Waals surface area contributed by atoms with Crippen LogP contribution in [0.1, 0.15) is 23.2 Å². The van der Waals surface area contributed by atoms with Crippen LogP contribution in [0.15, 0.2) is 18.3 Å². The Morgan fingerprint density at radius 1 is 1.65 bits per heavy atom. The quantitative estimate of drug-likeness (QED) is 0.814. The van der Waals surface area contributed by atoms with Crippen molar-refractivity contribution >= 4 is 17.5 Å². The molecule has 0 aliphatic carbocycles. The van der Waals surface area contributed by atoms with Gasteiger partial charge in [-0.1, -0.05) is 11.6 Å². The van der Waals surface area contributed by atoms with Crippen molar-refractivity contribution in [2.75, 3.05) is 19.6 Å². The lowest BCUT2D eigenvalue weighted by Gasteiger charge is -2.32. The monoisotopic (exact) mass is 253 g/mol. The Labute approximate surface area is 106 Å². The van der Waals surface area contributed by atoms with Crippen LogP contribution in [-0.2, 0) is 0 Å². The maximum absolute atomic E-state index is 12.2. The van der Waals surface area contributed by atoms with Gasteiger partial charge in [0.25, 0.3) is 5.91 Å². The van der Waals surface area contributed by atoms with E-state index in [-0.39, 0.29) is 11.1 Å². The lowest BCUT2D eigenvalue weighted by Crippen LogP contribution is -2.42. The molecule has 17 heavy (non-hydrogen) atoms. The van der Waals surface area contributed by atoms with E-state index >= 15 is 0 Å². The van der Waals surface area contributed by atoms with Crippen molar-refractivity contribution < 1.29 is 4.79 Å². The van der Waals surface area contributed by atoms with Crippen LogP contribution in [0, 0.1) is 5.92 Å². The Kier molecular flexibility index (Phi) is 3.97. The highest BCUT2D eigenvalue weighted by atomic mass is 35.5. The molecular formula is C12H16ClN3O. The molecule has 2 N–H and O–H groups in total. The van der Waals surface area contributed by atoms with E-state index in [9.17, 15) is 4.79 Å². The molecule has 0 radical (unpaired) electrons. The summed E-state index contributed by atoms with van der Waals surface area (Å²) in [6.45, 7) is 2.13. The van der Waals surface area contributed by atoms with Gasteiger partial charge in [0.1, 0.15) is 5.15 Å². The van der Waals surface area contributed by atoms with E-state index in [0.29, 0.717) is 18.0 Å². The Hall–Kier alpha value is -1.13. The molecule has 0 unspecified atom stereocenters. The molecule has 0 saturated carbocycles. The summed E-state index contributed by atoms with van der Waals surface area (Å²) in [5.41, 5.74) is 6.14. The van der Waals surface area contributed by atoms with Crippen molar-refractivity contribution in [2.45, 2.75) is 12.8 Å². The summed E-state index contributed by atoms with van der Waals surface area (Å²) in [7, 11) is 0. The molecule has 1 aliphatic heterocycles. The molecule has 1 aromatic heterocycles. The molecule has 0 bridgehead atoms. The smallest absolute Gasteiger partial charge is 0.256 e. The molecule has 1 amide bonds. The highest BCUT2D eigenvalue weighted by molar-refractivity contribution is 6.32. The van der Waals surface area contributed by atoms with Crippen LogP contribution in [0.5, 0.6) is 0 Å². The van der Waals surface area contributed by atoms with E-state index in [4.69, 9.17) is 17.3 Å². The predicted octanol–water partition coefficient (Wildman–Crippen LogP) is 1.55. The van der Waals surface area contributed by atoms with E-state index in [1.54, 1.807) is 18.3 Å². The molecule has 0 spiro atoms. The normalized spacial score (nSPS) is 20.4. The van der Waals surface area contributed by atoms with E-state index in [1.807, 2.05) is 4.90 Å². The number of carbonyl (C=O) groups excluding carboxylic acids is 1. The Morgan fingerprint density at radius 3 is 3.18 bits per heavy atom. The second-order valence-corrected chi connectivity index (χ2v) is 4.69. The molecule has 0 aromatic carbocycles. The number of aromatic nitrogens is 1. The van der Waals surface area contributed by atoms with Crippen LogP contribution >= 0.6 is 11.6 Å². The van der Waals surface area contributed by atoms with Gasteiger partial charge in [0.2, 0.25) is 0 Å². The number of hydrogen-bond acceptors (Lipinski definition) is 3. The van der Waals surface area contributed by atoms with Gasteiger partial charge in [-0.25, -0.2) is 4.98 Å². The van der Waals surface area contributed by atoms with Crippen molar-refractivity contribution in [3.63, 3.8) is 0 Å². The Morgan fingerprint density at radius 2 is 2.47 bits per heavy atom. The van der Waals surface area contributed by atoms with Crippen molar-refractivity contribution in [1.29, 1.82) is 0 Å². The van der Waals surface area contributed by atoms with Gasteiger partial charge >= 0.3 is 0 Å². The largest absolute Gasteiger partial charge is 0.338 e. The summed E-state index contributed by atoms with van der Waals surface area (Å²) in [5.74, 6) is 0.365. The van der Waals surface area contributed by atoms with Gasteiger partial charge in [0, 0.05) is 19.3 Å². The number of rotatable bonds is 2. The zero-order chi connectivity index (χ0) is 12.3. The third kappa shape index (κ3) is 2.76. The minimum Gasteiger partial charge on any atom is -0.338 e. The summed E-state index contributed by atoms with van der Waals surface area (Å²) >= 11 is 5.93. The van der Waals surface area contributed by atoms with Crippen LogP contribution in [0.3, 0.4) is 0 Å². The molecule has 1 saturated heterocycles. The standard InChI is InChI=1S/C12H16ClN3O/c13-11-10(4-1-5-15-11)12(17)16-6-2-3-9(7-14)8-16/h1,4-5,9H,2-3,6-8,14H2/t9-/m0/s1. The average molecular weight is 254 g/mol. The molecule has 5 heteroatoms. The summed E-state index contributed by atoms with van der Waals surface area (Å²) in [6.07, 6.45) is 3.69. The van der Waals surface area contributed by atoms with Crippen LogP contribution < -0.4 is 5.73 Å². The Balaban J connectivity index is 2.12. The molecular weight excluding hydrogens is 238 g/mol. The summed E-state index contributed by atoms with van der Waals surface area (Å²) in [4.78, 5) is 18.0. The average Bonchev–Trinajstić information content (AvgIpc) is 2.38. The number of hydrogen-bond donors (Lipinski definition) is 1. The topological polar surface area (TPSA) is 59.2 Å². The Bertz CT molecular complexity index is 410. The fourth-order valence-electron chi connectivity index (χ4n) is 2.16. The number of likely N-dealkylation sites (tertiary alicyclic amines) is 1. The van der Waals surface area contributed by atoms with Gasteiger partial charge in [-0.05, 0) is 37.4 Å². The number of nitrogens with two attached hydrogens (primary N) is 1. The molecule has 92 valence electrons. The van der Waals surface area contributed by atoms with E-state index in [1.165, 1.54) is 0 Å². The number of piperidine rings is 1. The lowest BCUT2D eigenvalue weighted by molar-refractivity contribution is 0.0678. The number of nitrogens with zero attached hydrogens (tertiary/aromatic N) is 2. The second-order valence-electron chi connectivity index (χ2n) is 4.34. The fraction of sp³-hybridized carbons (Fsp3) is 0.500. The zero-order valence-corrected chi connectivity index (χ0v) is 10.4. The zero-order valence-electron chi connectivity index (χ0n) is 9.60. The number of amides is 1. The van der Waals surface area contributed by atoms with Crippen LogP contribution in [-0.4, -0.2) is 35.4 Å². The van der Waals surface area contributed by atoms with Crippen molar-refractivity contribution in [3.05, 3.63) is 29.0 Å². The minimum atomic E-state index is -0.0405. The predicted molar refractivity (Wildman–Crippen MR) is 66.9 cm³/mol. The molecule has 2 heterocycles. The first kappa shape index (κ1) is 12.3. The summed E-state index contributed by atoms with van der Waals surface area (Å²) < 4.78 is 0. The van der Waals surface area contributed by atoms with E-state index in [0.717, 1.165) is 25.9 Å². The molecule has 1 aliphatic rings. The molecule has 1 atom stereocenters. The van der Waals surface area contributed by atoms with Crippen LogP contribution in [0.4, 0.5) is 0 Å². The second kappa shape index (κ2) is 5.47. The highest BCUT2D eigenvalue weighted by Gasteiger charge is 2.24. The minimum absolute atomic E-state index is 0.0405. The SMILES string of the molecule is NC[C@@H]1CCCN(C(=O)c2cccnc2Cl)C1. The van der Waals surface area contributed by atoms with E-state index in [2.05, 4.69) is 4.98 Å². The van der Waals surface area contributed by atoms with Crippen molar-refractivity contribution in [1.82, 2.24) is 9.88 Å². The van der Waals surface area contributed by atoms with Crippen LogP contribution in [0.2, 0.25) is 5.15 Å². The maximum Gasteiger partial charge on any atom is 0.256 e. The first-order valence-corrected chi connectivity index (χ1v) is 6.20. The third-order valence-electron chi connectivity index (χ3n) is 3.13. The maximum atomic E-state index is 12.2.